The quantitative estimate of drug-likeness (QED) is 0.905. The van der Waals surface area contributed by atoms with E-state index in [1.165, 1.54) is 12.1 Å². The Morgan fingerprint density at radius 2 is 2.09 bits per heavy atom. The molecule has 1 atom stereocenters. The average Bonchev–Trinajstić information content (AvgIpc) is 2.94. The molecule has 2 aromatic rings. The summed E-state index contributed by atoms with van der Waals surface area (Å²) in [5.74, 6) is 1.51. The van der Waals surface area contributed by atoms with Gasteiger partial charge in [-0.05, 0) is 42.8 Å². The molecule has 0 aliphatic carbocycles. The van der Waals surface area contributed by atoms with E-state index in [4.69, 9.17) is 4.42 Å². The highest BCUT2D eigenvalue weighted by Crippen LogP contribution is 2.34. The lowest BCUT2D eigenvalue weighted by atomic mass is 10.2. The third kappa shape index (κ3) is 3.62. The van der Waals surface area contributed by atoms with E-state index in [0.29, 0.717) is 24.0 Å². The smallest absolute Gasteiger partial charge is 0.321 e. The van der Waals surface area contributed by atoms with Gasteiger partial charge in [0.25, 0.3) is 0 Å². The maximum atomic E-state index is 12.9. The first kappa shape index (κ1) is 15.0. The summed E-state index contributed by atoms with van der Waals surface area (Å²) in [5, 5.41) is 3.09. The Morgan fingerprint density at radius 3 is 2.82 bits per heavy atom. The third-order valence-electron chi connectivity index (χ3n) is 3.58. The largest absolute Gasteiger partial charge is 0.468 e. The predicted octanol–water partition coefficient (Wildman–Crippen LogP) is 4.13. The minimum Gasteiger partial charge on any atom is -0.468 e. The van der Waals surface area contributed by atoms with E-state index in [1.54, 1.807) is 35.1 Å². The van der Waals surface area contributed by atoms with E-state index in [-0.39, 0.29) is 11.8 Å². The fourth-order valence-electron chi connectivity index (χ4n) is 2.41. The van der Waals surface area contributed by atoms with Gasteiger partial charge in [0.2, 0.25) is 0 Å². The Balaban J connectivity index is 1.58. The van der Waals surface area contributed by atoms with Crippen LogP contribution in [0, 0.1) is 5.82 Å². The Bertz CT molecular complexity index is 616. The molecule has 2 heterocycles. The molecule has 3 rings (SSSR count). The van der Waals surface area contributed by atoms with Crippen LogP contribution in [-0.2, 0) is 0 Å². The number of urea groups is 1. The van der Waals surface area contributed by atoms with Gasteiger partial charge in [0.15, 0.2) is 0 Å². The summed E-state index contributed by atoms with van der Waals surface area (Å²) in [6.07, 6.45) is 2.54. The SMILES string of the molecule is O=C(Nc1ccc(F)cc1)N1CCSC(c2ccco2)CC1. The minimum atomic E-state index is -0.314. The molecule has 0 saturated carbocycles. The molecular weight excluding hydrogens is 303 g/mol. The molecule has 6 heteroatoms. The van der Waals surface area contributed by atoms with Crippen LogP contribution >= 0.6 is 11.8 Å². The molecule has 1 saturated heterocycles. The van der Waals surface area contributed by atoms with Crippen LogP contribution in [0.1, 0.15) is 17.4 Å². The van der Waals surface area contributed by atoms with Crippen LogP contribution in [0.15, 0.2) is 47.1 Å². The lowest BCUT2D eigenvalue weighted by molar-refractivity contribution is 0.214. The molecule has 4 nitrogen and oxygen atoms in total. The molecule has 116 valence electrons. The van der Waals surface area contributed by atoms with Crippen LogP contribution in [0.2, 0.25) is 0 Å². The van der Waals surface area contributed by atoms with Gasteiger partial charge in [0, 0.05) is 24.5 Å². The van der Waals surface area contributed by atoms with Crippen LogP contribution in [0.5, 0.6) is 0 Å². The van der Waals surface area contributed by atoms with Crippen molar-refractivity contribution in [3.8, 4) is 0 Å². The lowest BCUT2D eigenvalue weighted by Crippen LogP contribution is -2.36. The van der Waals surface area contributed by atoms with E-state index >= 15 is 0 Å². The van der Waals surface area contributed by atoms with Crippen molar-refractivity contribution in [1.29, 1.82) is 0 Å². The summed E-state index contributed by atoms with van der Waals surface area (Å²) in [7, 11) is 0. The summed E-state index contributed by atoms with van der Waals surface area (Å²) in [6.45, 7) is 1.36. The number of amides is 2. The normalized spacial score (nSPS) is 18.8. The number of thioether (sulfide) groups is 1. The summed E-state index contributed by atoms with van der Waals surface area (Å²) in [5.41, 5.74) is 0.603. The number of anilines is 1. The van der Waals surface area contributed by atoms with Crippen molar-refractivity contribution in [3.05, 3.63) is 54.2 Å². The zero-order valence-corrected chi connectivity index (χ0v) is 12.8. The van der Waals surface area contributed by atoms with E-state index in [9.17, 15) is 9.18 Å². The second-order valence-electron chi connectivity index (χ2n) is 5.09. The molecule has 1 aromatic heterocycles. The summed E-state index contributed by atoms with van der Waals surface area (Å²) >= 11 is 1.81. The molecule has 1 aliphatic rings. The van der Waals surface area contributed by atoms with Gasteiger partial charge in [-0.1, -0.05) is 0 Å². The number of hydrogen-bond donors (Lipinski definition) is 1. The lowest BCUT2D eigenvalue weighted by Gasteiger charge is -2.20. The van der Waals surface area contributed by atoms with Crippen LogP contribution in [0.3, 0.4) is 0 Å². The second-order valence-corrected chi connectivity index (χ2v) is 6.40. The number of furan rings is 1. The molecule has 0 spiro atoms. The molecule has 0 radical (unpaired) electrons. The Morgan fingerprint density at radius 1 is 1.27 bits per heavy atom. The van der Waals surface area contributed by atoms with Crippen LogP contribution in [0.25, 0.3) is 0 Å². The van der Waals surface area contributed by atoms with Crippen molar-refractivity contribution in [3.63, 3.8) is 0 Å². The maximum absolute atomic E-state index is 12.9. The Labute approximate surface area is 132 Å². The molecule has 1 aliphatic heterocycles. The molecule has 1 unspecified atom stereocenters. The van der Waals surface area contributed by atoms with Gasteiger partial charge >= 0.3 is 6.03 Å². The summed E-state index contributed by atoms with van der Waals surface area (Å²) in [4.78, 5) is 14.1. The van der Waals surface area contributed by atoms with Crippen molar-refractivity contribution in [2.24, 2.45) is 0 Å². The highest BCUT2D eigenvalue weighted by atomic mass is 32.2. The zero-order chi connectivity index (χ0) is 15.4. The maximum Gasteiger partial charge on any atom is 0.321 e. The highest BCUT2D eigenvalue weighted by Gasteiger charge is 2.23. The monoisotopic (exact) mass is 320 g/mol. The van der Waals surface area contributed by atoms with Crippen molar-refractivity contribution < 1.29 is 13.6 Å². The molecule has 2 amide bonds. The Hall–Kier alpha value is -1.95. The first-order chi connectivity index (χ1) is 10.7. The molecule has 1 fully saturated rings. The Kier molecular flexibility index (Phi) is 4.68. The van der Waals surface area contributed by atoms with Gasteiger partial charge in [-0.15, -0.1) is 11.8 Å². The fraction of sp³-hybridized carbons (Fsp3) is 0.312. The molecule has 1 aromatic carbocycles. The van der Waals surface area contributed by atoms with Crippen LogP contribution in [0.4, 0.5) is 14.9 Å². The van der Waals surface area contributed by atoms with E-state index in [1.807, 2.05) is 12.1 Å². The van der Waals surface area contributed by atoms with Crippen molar-refractivity contribution >= 4 is 23.5 Å². The molecule has 22 heavy (non-hydrogen) atoms. The number of carbonyl (C=O) groups is 1. The standard InChI is InChI=1S/C16H17FN2O2S/c17-12-3-5-13(6-4-12)18-16(20)19-8-7-15(22-11-9-19)14-2-1-10-21-14/h1-6,10,15H,7-9,11H2,(H,18,20). The number of halogens is 1. The topological polar surface area (TPSA) is 45.5 Å². The predicted molar refractivity (Wildman–Crippen MR) is 85.5 cm³/mol. The van der Waals surface area contributed by atoms with Crippen LogP contribution < -0.4 is 5.32 Å². The van der Waals surface area contributed by atoms with Crippen molar-refractivity contribution in [2.45, 2.75) is 11.7 Å². The van der Waals surface area contributed by atoms with Crippen LogP contribution in [-0.4, -0.2) is 29.8 Å². The summed E-state index contributed by atoms with van der Waals surface area (Å²) in [6, 6.07) is 9.51. The summed E-state index contributed by atoms with van der Waals surface area (Å²) < 4.78 is 18.3. The zero-order valence-electron chi connectivity index (χ0n) is 12.0. The molecule has 0 bridgehead atoms. The third-order valence-corrected chi connectivity index (χ3v) is 4.87. The number of nitrogens with zero attached hydrogens (tertiary/aromatic N) is 1. The van der Waals surface area contributed by atoms with E-state index in [2.05, 4.69) is 5.32 Å². The van der Waals surface area contributed by atoms with Crippen molar-refractivity contribution in [2.75, 3.05) is 24.2 Å². The average molecular weight is 320 g/mol. The number of nitrogens with one attached hydrogen (secondary N) is 1. The molecule has 1 N–H and O–H groups in total. The first-order valence-corrected chi connectivity index (χ1v) is 8.24. The van der Waals surface area contributed by atoms with Gasteiger partial charge in [0.05, 0.1) is 11.5 Å². The number of carbonyl (C=O) groups excluding carboxylic acids is 1. The van der Waals surface area contributed by atoms with Gasteiger partial charge in [-0.2, -0.15) is 0 Å². The van der Waals surface area contributed by atoms with E-state index in [0.717, 1.165) is 17.9 Å². The molecular formula is C16H17FN2O2S. The minimum absolute atomic E-state index is 0.146. The van der Waals surface area contributed by atoms with Gasteiger partial charge in [-0.3, -0.25) is 0 Å². The number of rotatable bonds is 2. The highest BCUT2D eigenvalue weighted by molar-refractivity contribution is 7.99. The van der Waals surface area contributed by atoms with E-state index < -0.39 is 0 Å². The second kappa shape index (κ2) is 6.87. The number of benzene rings is 1. The van der Waals surface area contributed by atoms with Gasteiger partial charge < -0.3 is 14.6 Å². The van der Waals surface area contributed by atoms with Gasteiger partial charge in [-0.25, -0.2) is 9.18 Å². The fourth-order valence-corrected chi connectivity index (χ4v) is 3.59. The van der Waals surface area contributed by atoms with Gasteiger partial charge in [0.1, 0.15) is 11.6 Å². The first-order valence-electron chi connectivity index (χ1n) is 7.19. The van der Waals surface area contributed by atoms with Crippen molar-refractivity contribution in [1.82, 2.24) is 4.90 Å². The number of hydrogen-bond acceptors (Lipinski definition) is 3.